The summed E-state index contributed by atoms with van der Waals surface area (Å²) in [6, 6.07) is 15.5. The normalized spacial score (nSPS) is 11.2. The van der Waals surface area contributed by atoms with E-state index >= 15 is 0 Å². The number of carbonyl (C=O) groups is 1. The van der Waals surface area contributed by atoms with Crippen LogP contribution in [0.1, 0.15) is 16.7 Å². The second-order valence-corrected chi connectivity index (χ2v) is 7.70. The molecule has 7 nitrogen and oxygen atoms in total. The van der Waals surface area contributed by atoms with E-state index in [4.69, 9.17) is 16.0 Å². The average molecular weight is 448 g/mol. The van der Waals surface area contributed by atoms with E-state index in [9.17, 15) is 14.9 Å². The zero-order valence-corrected chi connectivity index (χ0v) is 18.0. The molecule has 0 aliphatic heterocycles. The summed E-state index contributed by atoms with van der Waals surface area (Å²) in [6.07, 6.45) is 2.77. The predicted molar refractivity (Wildman–Crippen MR) is 125 cm³/mol. The monoisotopic (exact) mass is 447 g/mol. The van der Waals surface area contributed by atoms with E-state index in [0.29, 0.717) is 28.2 Å². The molecule has 0 bridgehead atoms. The number of benzene rings is 3. The van der Waals surface area contributed by atoms with Gasteiger partial charge >= 0.3 is 0 Å². The van der Waals surface area contributed by atoms with Crippen molar-refractivity contribution in [2.45, 2.75) is 13.8 Å². The van der Waals surface area contributed by atoms with Crippen LogP contribution >= 0.6 is 11.6 Å². The first kappa shape index (κ1) is 21.3. The van der Waals surface area contributed by atoms with Gasteiger partial charge in [-0.15, -0.1) is 0 Å². The van der Waals surface area contributed by atoms with E-state index < -0.39 is 4.92 Å². The Morgan fingerprint density at radius 1 is 1.09 bits per heavy atom. The average Bonchev–Trinajstić information content (AvgIpc) is 3.18. The van der Waals surface area contributed by atoms with E-state index in [1.54, 1.807) is 24.3 Å². The minimum atomic E-state index is -0.570. The first-order chi connectivity index (χ1) is 15.3. The summed E-state index contributed by atoms with van der Waals surface area (Å²) in [4.78, 5) is 27.3. The van der Waals surface area contributed by atoms with Gasteiger partial charge in [-0.3, -0.25) is 14.9 Å². The minimum absolute atomic E-state index is 0.0395. The molecule has 0 radical (unpaired) electrons. The molecule has 0 saturated heterocycles. The van der Waals surface area contributed by atoms with Crippen molar-refractivity contribution in [3.05, 3.63) is 92.5 Å². The van der Waals surface area contributed by atoms with Gasteiger partial charge in [0.05, 0.1) is 4.92 Å². The molecule has 32 heavy (non-hydrogen) atoms. The second kappa shape index (κ2) is 8.64. The summed E-state index contributed by atoms with van der Waals surface area (Å²) in [7, 11) is 0. The van der Waals surface area contributed by atoms with Gasteiger partial charge in [-0.25, -0.2) is 4.98 Å². The van der Waals surface area contributed by atoms with Gasteiger partial charge in [0.25, 0.3) is 5.69 Å². The highest BCUT2D eigenvalue weighted by atomic mass is 35.5. The molecule has 4 rings (SSSR count). The molecule has 0 fully saturated rings. The number of nitrogens with zero attached hydrogens (tertiary/aromatic N) is 2. The molecule has 0 aliphatic rings. The summed E-state index contributed by atoms with van der Waals surface area (Å²) in [5.74, 6) is 0.121. The van der Waals surface area contributed by atoms with Gasteiger partial charge < -0.3 is 9.73 Å². The van der Waals surface area contributed by atoms with Crippen molar-refractivity contribution in [2.75, 3.05) is 5.32 Å². The molecule has 3 aromatic carbocycles. The third-order valence-corrected chi connectivity index (χ3v) is 5.32. The van der Waals surface area contributed by atoms with Crippen LogP contribution in [0.3, 0.4) is 0 Å². The molecule has 0 aliphatic carbocycles. The number of carbonyl (C=O) groups excluding carboxylic acids is 1. The Bertz CT molecular complexity index is 1390. The summed E-state index contributed by atoms with van der Waals surface area (Å²) in [6.45, 7) is 4.08. The summed E-state index contributed by atoms with van der Waals surface area (Å²) >= 11 is 5.81. The standard InChI is InChI=1S/C24H18ClN3O4/c1-14-3-6-17(11-15(14)2)24-27-20-13-18(7-9-22(20)32-24)26-23(29)10-5-16-4-8-19(25)21(12-16)28(30)31/h3-13H,1-2H3,(H,26,29)/b10-5+. The Morgan fingerprint density at radius 2 is 1.91 bits per heavy atom. The van der Waals surface area contributed by atoms with Crippen LogP contribution in [0.5, 0.6) is 0 Å². The number of amides is 1. The van der Waals surface area contributed by atoms with E-state index in [0.717, 1.165) is 11.1 Å². The molecule has 160 valence electrons. The Hall–Kier alpha value is -3.97. The molecular formula is C24H18ClN3O4. The molecule has 1 aromatic heterocycles. The second-order valence-electron chi connectivity index (χ2n) is 7.29. The van der Waals surface area contributed by atoms with Gasteiger partial charge in [-0.1, -0.05) is 23.7 Å². The lowest BCUT2D eigenvalue weighted by molar-refractivity contribution is -0.384. The van der Waals surface area contributed by atoms with Crippen molar-refractivity contribution in [3.63, 3.8) is 0 Å². The van der Waals surface area contributed by atoms with Gasteiger partial charge in [-0.2, -0.15) is 0 Å². The van der Waals surface area contributed by atoms with Crippen LogP contribution in [0.2, 0.25) is 5.02 Å². The van der Waals surface area contributed by atoms with Gasteiger partial charge in [0.2, 0.25) is 11.8 Å². The highest BCUT2D eigenvalue weighted by Crippen LogP contribution is 2.28. The highest BCUT2D eigenvalue weighted by Gasteiger charge is 2.12. The fourth-order valence-corrected chi connectivity index (χ4v) is 3.32. The molecular weight excluding hydrogens is 430 g/mol. The zero-order chi connectivity index (χ0) is 22.8. The number of nitro groups is 1. The molecule has 4 aromatic rings. The number of aryl methyl sites for hydroxylation is 2. The fourth-order valence-electron chi connectivity index (χ4n) is 3.13. The zero-order valence-electron chi connectivity index (χ0n) is 17.3. The maximum Gasteiger partial charge on any atom is 0.288 e. The van der Waals surface area contributed by atoms with Crippen LogP contribution in [0.25, 0.3) is 28.6 Å². The van der Waals surface area contributed by atoms with Crippen molar-refractivity contribution >= 4 is 46.1 Å². The lowest BCUT2D eigenvalue weighted by atomic mass is 10.1. The van der Waals surface area contributed by atoms with Crippen molar-refractivity contribution in [1.29, 1.82) is 0 Å². The molecule has 0 atom stereocenters. The van der Waals surface area contributed by atoms with Gasteiger partial charge in [0.15, 0.2) is 5.58 Å². The van der Waals surface area contributed by atoms with Crippen LogP contribution in [-0.2, 0) is 4.79 Å². The highest BCUT2D eigenvalue weighted by molar-refractivity contribution is 6.32. The minimum Gasteiger partial charge on any atom is -0.436 e. The topological polar surface area (TPSA) is 98.3 Å². The van der Waals surface area contributed by atoms with Gasteiger partial charge in [0, 0.05) is 23.4 Å². The number of oxazole rings is 1. The maximum atomic E-state index is 12.3. The van der Waals surface area contributed by atoms with E-state index in [1.165, 1.54) is 29.8 Å². The summed E-state index contributed by atoms with van der Waals surface area (Å²) < 4.78 is 5.85. The van der Waals surface area contributed by atoms with Crippen LogP contribution < -0.4 is 5.32 Å². The summed E-state index contributed by atoms with van der Waals surface area (Å²) in [5, 5.41) is 13.8. The van der Waals surface area contributed by atoms with Crippen LogP contribution in [0.4, 0.5) is 11.4 Å². The molecule has 0 spiro atoms. The Kier molecular flexibility index (Phi) is 5.75. The third-order valence-electron chi connectivity index (χ3n) is 5.00. The quantitative estimate of drug-likeness (QED) is 0.219. The Morgan fingerprint density at radius 3 is 2.66 bits per heavy atom. The lowest BCUT2D eigenvalue weighted by Crippen LogP contribution is -2.07. The van der Waals surface area contributed by atoms with Gasteiger partial charge in [-0.05, 0) is 73.0 Å². The number of nitro benzene ring substituents is 1. The molecule has 0 saturated carbocycles. The number of halogens is 1. The molecule has 1 N–H and O–H groups in total. The summed E-state index contributed by atoms with van der Waals surface area (Å²) in [5.41, 5.74) is 5.27. The SMILES string of the molecule is Cc1ccc(-c2nc3cc(NC(=O)/C=C/c4ccc(Cl)c([N+](=O)[O-])c4)ccc3o2)cc1C. The van der Waals surface area contributed by atoms with Crippen LogP contribution in [-0.4, -0.2) is 15.8 Å². The molecule has 1 heterocycles. The molecule has 1 amide bonds. The smallest absolute Gasteiger partial charge is 0.288 e. The van der Waals surface area contributed by atoms with E-state index in [1.807, 2.05) is 32.0 Å². The number of aromatic nitrogens is 1. The number of rotatable bonds is 5. The number of hydrogen-bond acceptors (Lipinski definition) is 5. The predicted octanol–water partition coefficient (Wildman–Crippen LogP) is 6.33. The Labute approximate surface area is 188 Å². The number of fused-ring (bicyclic) bond motifs is 1. The van der Waals surface area contributed by atoms with Crippen LogP contribution in [0, 0.1) is 24.0 Å². The Balaban J connectivity index is 1.51. The molecule has 0 unspecified atom stereocenters. The van der Waals surface area contributed by atoms with Crippen molar-refractivity contribution < 1.29 is 14.1 Å². The largest absolute Gasteiger partial charge is 0.436 e. The van der Waals surface area contributed by atoms with E-state index in [-0.39, 0.29) is 16.6 Å². The lowest BCUT2D eigenvalue weighted by Gasteiger charge is -2.01. The number of nitrogens with one attached hydrogen (secondary N) is 1. The van der Waals surface area contributed by atoms with E-state index in [2.05, 4.69) is 10.3 Å². The van der Waals surface area contributed by atoms with Crippen molar-refractivity contribution in [1.82, 2.24) is 4.98 Å². The number of hydrogen-bond donors (Lipinski definition) is 1. The maximum absolute atomic E-state index is 12.3. The van der Waals surface area contributed by atoms with Crippen molar-refractivity contribution in [3.8, 4) is 11.5 Å². The van der Waals surface area contributed by atoms with Crippen molar-refractivity contribution in [2.24, 2.45) is 0 Å². The third kappa shape index (κ3) is 4.53. The van der Waals surface area contributed by atoms with Crippen LogP contribution in [0.15, 0.2) is 65.1 Å². The van der Waals surface area contributed by atoms with Gasteiger partial charge in [0.1, 0.15) is 10.5 Å². The molecule has 8 heteroatoms. The fraction of sp³-hybridized carbons (Fsp3) is 0.0833. The first-order valence-corrected chi connectivity index (χ1v) is 10.1. The first-order valence-electron chi connectivity index (χ1n) is 9.71. The number of anilines is 1.